The maximum absolute atomic E-state index is 12.0. The number of rotatable bonds is 3. The normalized spacial score (nSPS) is 10.2. The third kappa shape index (κ3) is 2.93. The minimum Gasteiger partial charge on any atom is -0.363 e. The van der Waals surface area contributed by atoms with Crippen LogP contribution in [0.25, 0.3) is 0 Å². The molecule has 0 saturated heterocycles. The highest BCUT2D eigenvalue weighted by atomic mass is 35.5. The summed E-state index contributed by atoms with van der Waals surface area (Å²) in [5.41, 5.74) is 1.97. The Morgan fingerprint density at radius 2 is 2.22 bits per heavy atom. The van der Waals surface area contributed by atoms with Crippen LogP contribution >= 0.6 is 22.9 Å². The average Bonchev–Trinajstić information content (AvgIpc) is 2.80. The number of hydrogen-bond donors (Lipinski definition) is 1. The molecule has 0 aliphatic rings. The van der Waals surface area contributed by atoms with E-state index in [-0.39, 0.29) is 11.1 Å². The zero-order chi connectivity index (χ0) is 13.1. The van der Waals surface area contributed by atoms with Crippen LogP contribution in [0.2, 0.25) is 5.15 Å². The second-order valence-corrected chi connectivity index (χ2v) is 4.85. The van der Waals surface area contributed by atoms with Crippen molar-refractivity contribution in [1.29, 1.82) is 0 Å². The lowest BCUT2D eigenvalue weighted by Crippen LogP contribution is -2.15. The molecule has 6 nitrogen and oxygen atoms in total. The van der Waals surface area contributed by atoms with E-state index in [1.165, 1.54) is 17.4 Å². The molecule has 0 atom stereocenters. The first kappa shape index (κ1) is 12.7. The molecular weight excluding hydrogens is 274 g/mol. The fourth-order valence-corrected chi connectivity index (χ4v) is 1.88. The molecular formula is C10H10ClN5OS. The molecule has 1 N–H and O–H groups in total. The van der Waals surface area contributed by atoms with Gasteiger partial charge in [0.15, 0.2) is 0 Å². The number of nitrogens with one attached hydrogen (secondary N) is 1. The van der Waals surface area contributed by atoms with Gasteiger partial charge in [-0.05, 0) is 12.1 Å². The molecule has 0 saturated carbocycles. The predicted molar refractivity (Wildman–Crippen MR) is 71.4 cm³/mol. The molecule has 0 aromatic carbocycles. The van der Waals surface area contributed by atoms with Crippen molar-refractivity contribution in [2.24, 2.45) is 0 Å². The molecule has 2 heterocycles. The summed E-state index contributed by atoms with van der Waals surface area (Å²) >= 11 is 7.12. The number of carbonyl (C=O) groups excluding carboxylic acids is 1. The van der Waals surface area contributed by atoms with Gasteiger partial charge in [-0.15, -0.1) is 10.2 Å². The highest BCUT2D eigenvalue weighted by Gasteiger charge is 2.11. The van der Waals surface area contributed by atoms with Gasteiger partial charge in [-0.2, -0.15) is 0 Å². The topological polar surface area (TPSA) is 71.0 Å². The standard InChI is InChI=1S/C10H10ClN5OS/c1-16(2)8-4-6(3-7(11)13-8)9(17)14-10-15-12-5-18-10/h3-5H,1-2H3,(H,14,15,17). The summed E-state index contributed by atoms with van der Waals surface area (Å²) in [7, 11) is 3.65. The molecule has 94 valence electrons. The zero-order valence-electron chi connectivity index (χ0n) is 9.72. The van der Waals surface area contributed by atoms with E-state index >= 15 is 0 Å². The van der Waals surface area contributed by atoms with Crippen molar-refractivity contribution in [3.8, 4) is 0 Å². The summed E-state index contributed by atoms with van der Waals surface area (Å²) in [6.07, 6.45) is 0. The van der Waals surface area contributed by atoms with E-state index in [1.54, 1.807) is 16.5 Å². The zero-order valence-corrected chi connectivity index (χ0v) is 11.3. The van der Waals surface area contributed by atoms with Crippen LogP contribution in [0.4, 0.5) is 10.9 Å². The smallest absolute Gasteiger partial charge is 0.257 e. The Kier molecular flexibility index (Phi) is 3.73. The van der Waals surface area contributed by atoms with Crippen molar-refractivity contribution in [2.75, 3.05) is 24.3 Å². The maximum atomic E-state index is 12.0. The van der Waals surface area contributed by atoms with Gasteiger partial charge in [0.25, 0.3) is 5.91 Å². The van der Waals surface area contributed by atoms with Crippen molar-refractivity contribution in [3.63, 3.8) is 0 Å². The van der Waals surface area contributed by atoms with Crippen LogP contribution in [0.1, 0.15) is 10.4 Å². The Labute approximate surface area is 113 Å². The molecule has 2 rings (SSSR count). The van der Waals surface area contributed by atoms with Gasteiger partial charge in [-0.3, -0.25) is 10.1 Å². The highest BCUT2D eigenvalue weighted by molar-refractivity contribution is 7.13. The lowest BCUT2D eigenvalue weighted by Gasteiger charge is -2.12. The molecule has 0 unspecified atom stereocenters. The number of amides is 1. The SMILES string of the molecule is CN(C)c1cc(C(=O)Nc2nncs2)cc(Cl)n1. The number of aromatic nitrogens is 3. The van der Waals surface area contributed by atoms with Crippen molar-refractivity contribution in [1.82, 2.24) is 15.2 Å². The van der Waals surface area contributed by atoms with Crippen LogP contribution in [0, 0.1) is 0 Å². The average molecular weight is 284 g/mol. The Balaban J connectivity index is 2.24. The fourth-order valence-electron chi connectivity index (χ4n) is 1.24. The van der Waals surface area contributed by atoms with E-state index in [0.717, 1.165) is 0 Å². The van der Waals surface area contributed by atoms with Crippen LogP contribution < -0.4 is 10.2 Å². The molecule has 1 amide bonds. The molecule has 0 spiro atoms. The molecule has 0 bridgehead atoms. The second-order valence-electron chi connectivity index (χ2n) is 3.63. The van der Waals surface area contributed by atoms with Crippen molar-refractivity contribution < 1.29 is 4.79 Å². The monoisotopic (exact) mass is 283 g/mol. The van der Waals surface area contributed by atoms with Crippen molar-refractivity contribution in [2.45, 2.75) is 0 Å². The van der Waals surface area contributed by atoms with Crippen LogP contribution in [0.3, 0.4) is 0 Å². The summed E-state index contributed by atoms with van der Waals surface area (Å²) in [5.74, 6) is 0.323. The minimum atomic E-state index is -0.292. The van der Waals surface area contributed by atoms with Crippen molar-refractivity contribution >= 4 is 39.8 Å². The highest BCUT2D eigenvalue weighted by Crippen LogP contribution is 2.18. The first-order chi connectivity index (χ1) is 8.56. The number of halogens is 1. The van der Waals surface area contributed by atoms with E-state index in [1.807, 2.05) is 14.1 Å². The summed E-state index contributed by atoms with van der Waals surface area (Å²) in [6, 6.07) is 3.16. The molecule has 0 radical (unpaired) electrons. The number of carbonyl (C=O) groups is 1. The molecule has 0 fully saturated rings. The predicted octanol–water partition coefficient (Wildman–Crippen LogP) is 1.90. The van der Waals surface area contributed by atoms with Crippen LogP contribution in [0.15, 0.2) is 17.6 Å². The van der Waals surface area contributed by atoms with Gasteiger partial charge in [0.2, 0.25) is 5.13 Å². The Morgan fingerprint density at radius 3 is 2.83 bits per heavy atom. The van der Waals surface area contributed by atoms with Gasteiger partial charge in [0.05, 0.1) is 0 Å². The Hall–Kier alpha value is -1.73. The fraction of sp³-hybridized carbons (Fsp3) is 0.200. The van der Waals surface area contributed by atoms with Crippen molar-refractivity contribution in [3.05, 3.63) is 28.4 Å². The summed E-state index contributed by atoms with van der Waals surface area (Å²) in [6.45, 7) is 0. The third-order valence-electron chi connectivity index (χ3n) is 2.08. The van der Waals surface area contributed by atoms with Gasteiger partial charge in [-0.25, -0.2) is 4.98 Å². The van der Waals surface area contributed by atoms with Crippen LogP contribution in [0.5, 0.6) is 0 Å². The van der Waals surface area contributed by atoms with E-state index in [9.17, 15) is 4.79 Å². The number of anilines is 2. The number of nitrogens with zero attached hydrogens (tertiary/aromatic N) is 4. The van der Waals surface area contributed by atoms with E-state index in [4.69, 9.17) is 11.6 Å². The van der Waals surface area contributed by atoms with Gasteiger partial charge >= 0.3 is 0 Å². The molecule has 0 aliphatic heterocycles. The molecule has 0 aliphatic carbocycles. The Morgan fingerprint density at radius 1 is 1.44 bits per heavy atom. The minimum absolute atomic E-state index is 0.267. The van der Waals surface area contributed by atoms with Crippen LogP contribution in [-0.2, 0) is 0 Å². The van der Waals surface area contributed by atoms with Crippen LogP contribution in [-0.4, -0.2) is 35.2 Å². The molecule has 2 aromatic heterocycles. The summed E-state index contributed by atoms with van der Waals surface area (Å²) < 4.78 is 0. The molecule has 2 aromatic rings. The first-order valence-corrected chi connectivity index (χ1v) is 6.24. The largest absolute Gasteiger partial charge is 0.363 e. The summed E-state index contributed by atoms with van der Waals surface area (Å²) in [4.78, 5) is 17.8. The van der Waals surface area contributed by atoms with Gasteiger partial charge in [0.1, 0.15) is 16.5 Å². The van der Waals surface area contributed by atoms with E-state index in [2.05, 4.69) is 20.5 Å². The maximum Gasteiger partial charge on any atom is 0.257 e. The van der Waals surface area contributed by atoms with Gasteiger partial charge < -0.3 is 4.90 Å². The Bertz CT molecular complexity index is 557. The first-order valence-electron chi connectivity index (χ1n) is 4.98. The summed E-state index contributed by atoms with van der Waals surface area (Å²) in [5, 5.41) is 10.7. The number of pyridine rings is 1. The molecule has 8 heteroatoms. The molecule has 18 heavy (non-hydrogen) atoms. The number of hydrogen-bond acceptors (Lipinski definition) is 6. The van der Waals surface area contributed by atoms with E-state index < -0.39 is 0 Å². The van der Waals surface area contributed by atoms with Gasteiger partial charge in [-0.1, -0.05) is 22.9 Å². The quantitative estimate of drug-likeness (QED) is 0.871. The third-order valence-corrected chi connectivity index (χ3v) is 2.88. The lowest BCUT2D eigenvalue weighted by atomic mass is 10.2. The lowest BCUT2D eigenvalue weighted by molar-refractivity contribution is 0.102. The van der Waals surface area contributed by atoms with E-state index in [0.29, 0.717) is 16.5 Å². The second kappa shape index (κ2) is 5.28. The van der Waals surface area contributed by atoms with Gasteiger partial charge in [0, 0.05) is 19.7 Å².